The zero-order valence-electron chi connectivity index (χ0n) is 26.6. The molecule has 6 heteroatoms. The molecule has 3 rings (SSSR count). The van der Waals surface area contributed by atoms with Crippen LogP contribution in [-0.4, -0.2) is 32.4 Å². The Morgan fingerprint density at radius 1 is 1.10 bits per heavy atom. The first-order chi connectivity index (χ1) is 20.0. The lowest BCUT2D eigenvalue weighted by Gasteiger charge is -2.24. The van der Waals surface area contributed by atoms with Crippen LogP contribution in [0.25, 0.3) is 16.5 Å². The fourth-order valence-corrected chi connectivity index (χ4v) is 4.67. The van der Waals surface area contributed by atoms with Gasteiger partial charge in [-0.25, -0.2) is 0 Å². The van der Waals surface area contributed by atoms with Crippen molar-refractivity contribution in [2.75, 3.05) is 26.0 Å². The summed E-state index contributed by atoms with van der Waals surface area (Å²) in [6.45, 7) is 22.1. The van der Waals surface area contributed by atoms with Crippen LogP contribution in [0, 0.1) is 11.3 Å². The summed E-state index contributed by atoms with van der Waals surface area (Å²) in [5, 5.41) is 12.8. The number of likely N-dealkylation sites (N-methyl/N-ethyl adjacent to an activating group) is 1. The molecule has 0 radical (unpaired) electrons. The smallest absolute Gasteiger partial charge is 0.162 e. The van der Waals surface area contributed by atoms with E-state index in [1.807, 2.05) is 19.2 Å². The number of nitrogens with one attached hydrogen (secondary N) is 3. The summed E-state index contributed by atoms with van der Waals surface area (Å²) in [5.74, 6) is 1.68. The van der Waals surface area contributed by atoms with E-state index in [4.69, 9.17) is 4.74 Å². The van der Waals surface area contributed by atoms with Crippen LogP contribution < -0.4 is 16.0 Å². The molecule has 0 saturated heterocycles. The minimum Gasteiger partial charge on any atom is -0.493 e. The minimum atomic E-state index is 0.0645. The molecule has 0 amide bonds. The first-order valence-corrected chi connectivity index (χ1v) is 14.4. The SMILES string of the molecule is C=N/C=C(\OC)c1cc(Cc2ccc(NC(=C)NC(/C=C(\C)C(C)(C)C)=C(/CNC)C(C)C)c3ccccc23)ccn1. The number of hydrogen-bond acceptors (Lipinski definition) is 6. The van der Waals surface area contributed by atoms with Gasteiger partial charge < -0.3 is 20.7 Å². The predicted octanol–water partition coefficient (Wildman–Crippen LogP) is 8.07. The van der Waals surface area contributed by atoms with E-state index in [0.717, 1.165) is 46.8 Å². The average molecular weight is 566 g/mol. The molecule has 1 aromatic heterocycles. The van der Waals surface area contributed by atoms with E-state index in [1.54, 1.807) is 19.5 Å². The number of anilines is 1. The van der Waals surface area contributed by atoms with Crippen molar-refractivity contribution in [1.82, 2.24) is 15.6 Å². The van der Waals surface area contributed by atoms with Crippen molar-refractivity contribution in [3.63, 3.8) is 0 Å². The molecule has 0 aliphatic heterocycles. The number of allylic oxidation sites excluding steroid dienone is 2. The number of fused-ring (bicyclic) bond motifs is 1. The molecule has 3 aromatic rings. The van der Waals surface area contributed by atoms with Crippen LogP contribution in [0.4, 0.5) is 5.69 Å². The summed E-state index contributed by atoms with van der Waals surface area (Å²) < 4.78 is 5.44. The molecule has 0 saturated carbocycles. The number of hydrogen-bond donors (Lipinski definition) is 3. The summed E-state index contributed by atoms with van der Waals surface area (Å²) in [6, 6.07) is 16.8. The van der Waals surface area contributed by atoms with Crippen LogP contribution in [0.2, 0.25) is 0 Å². The van der Waals surface area contributed by atoms with E-state index in [9.17, 15) is 0 Å². The third kappa shape index (κ3) is 8.43. The lowest BCUT2D eigenvalue weighted by atomic mass is 9.86. The Kier molecular flexibility index (Phi) is 11.3. The Morgan fingerprint density at radius 3 is 2.43 bits per heavy atom. The number of aromatic nitrogens is 1. The molecular formula is C36H47N5O. The summed E-state index contributed by atoms with van der Waals surface area (Å²) in [4.78, 5) is 8.29. The highest BCUT2D eigenvalue weighted by atomic mass is 16.5. The predicted molar refractivity (Wildman–Crippen MR) is 180 cm³/mol. The van der Waals surface area contributed by atoms with Crippen LogP contribution in [-0.2, 0) is 11.2 Å². The van der Waals surface area contributed by atoms with Gasteiger partial charge in [0.15, 0.2) is 5.76 Å². The third-order valence-corrected chi connectivity index (χ3v) is 7.44. The number of aliphatic imine (C=N–C) groups is 1. The monoisotopic (exact) mass is 565 g/mol. The summed E-state index contributed by atoms with van der Waals surface area (Å²) in [5.41, 5.74) is 7.82. The van der Waals surface area contributed by atoms with E-state index in [-0.39, 0.29) is 5.41 Å². The highest BCUT2D eigenvalue weighted by molar-refractivity contribution is 5.96. The maximum atomic E-state index is 5.44. The second kappa shape index (κ2) is 14.6. The van der Waals surface area contributed by atoms with Crippen molar-refractivity contribution >= 4 is 28.9 Å². The third-order valence-electron chi connectivity index (χ3n) is 7.44. The Balaban J connectivity index is 1.94. The van der Waals surface area contributed by atoms with Crippen molar-refractivity contribution in [2.45, 2.75) is 48.0 Å². The quantitative estimate of drug-likeness (QED) is 0.111. The van der Waals surface area contributed by atoms with E-state index >= 15 is 0 Å². The molecule has 0 aliphatic rings. The van der Waals surface area contributed by atoms with Gasteiger partial charge in [0.25, 0.3) is 0 Å². The van der Waals surface area contributed by atoms with Crippen molar-refractivity contribution < 1.29 is 4.74 Å². The van der Waals surface area contributed by atoms with Gasteiger partial charge in [-0.2, -0.15) is 0 Å². The maximum absolute atomic E-state index is 5.44. The van der Waals surface area contributed by atoms with Crippen molar-refractivity contribution in [2.24, 2.45) is 16.3 Å². The Bertz CT molecular complexity index is 1500. The number of ether oxygens (including phenoxy) is 1. The Hall–Kier alpha value is -4.16. The second-order valence-electron chi connectivity index (χ2n) is 11.9. The van der Waals surface area contributed by atoms with Crippen molar-refractivity contribution in [3.8, 4) is 0 Å². The molecule has 222 valence electrons. The zero-order chi connectivity index (χ0) is 30.9. The van der Waals surface area contributed by atoms with Crippen LogP contribution in [0.1, 0.15) is 58.4 Å². The zero-order valence-corrected chi connectivity index (χ0v) is 26.6. The Morgan fingerprint density at radius 2 is 1.81 bits per heavy atom. The molecule has 0 spiro atoms. The first kappa shape index (κ1) is 32.4. The number of methoxy groups -OCH3 is 1. The van der Waals surface area contributed by atoms with Gasteiger partial charge in [-0.1, -0.05) is 77.1 Å². The van der Waals surface area contributed by atoms with Gasteiger partial charge in [0.2, 0.25) is 0 Å². The molecule has 2 aromatic carbocycles. The number of benzene rings is 2. The molecule has 0 fully saturated rings. The maximum Gasteiger partial charge on any atom is 0.162 e. The van der Waals surface area contributed by atoms with Gasteiger partial charge in [0.1, 0.15) is 11.5 Å². The number of rotatable bonds is 13. The van der Waals surface area contributed by atoms with Gasteiger partial charge in [-0.15, -0.1) is 0 Å². The highest BCUT2D eigenvalue weighted by Crippen LogP contribution is 2.30. The number of pyridine rings is 1. The largest absolute Gasteiger partial charge is 0.493 e. The van der Waals surface area contributed by atoms with Crippen LogP contribution in [0.3, 0.4) is 0 Å². The van der Waals surface area contributed by atoms with Crippen LogP contribution >= 0.6 is 0 Å². The fraction of sp³-hybridized carbons (Fsp3) is 0.333. The van der Waals surface area contributed by atoms with E-state index in [0.29, 0.717) is 11.7 Å². The van der Waals surface area contributed by atoms with Crippen molar-refractivity contribution in [3.05, 3.63) is 113 Å². The summed E-state index contributed by atoms with van der Waals surface area (Å²) >= 11 is 0. The molecule has 1 heterocycles. The minimum absolute atomic E-state index is 0.0645. The van der Waals surface area contributed by atoms with Crippen LogP contribution in [0.15, 0.2) is 101 Å². The topological polar surface area (TPSA) is 70.6 Å². The molecule has 0 atom stereocenters. The van der Waals surface area contributed by atoms with E-state index in [1.165, 1.54) is 22.1 Å². The second-order valence-corrected chi connectivity index (χ2v) is 11.9. The van der Waals surface area contributed by atoms with E-state index < -0.39 is 0 Å². The highest BCUT2D eigenvalue weighted by Gasteiger charge is 2.17. The van der Waals surface area contributed by atoms with E-state index in [2.05, 4.69) is 123 Å². The first-order valence-electron chi connectivity index (χ1n) is 14.4. The molecular weight excluding hydrogens is 518 g/mol. The van der Waals surface area contributed by atoms with Gasteiger partial charge in [0.05, 0.1) is 13.3 Å². The molecule has 42 heavy (non-hydrogen) atoms. The van der Waals surface area contributed by atoms with Crippen LogP contribution in [0.5, 0.6) is 0 Å². The lowest BCUT2D eigenvalue weighted by molar-refractivity contribution is 0.367. The lowest BCUT2D eigenvalue weighted by Crippen LogP contribution is -2.25. The van der Waals surface area contributed by atoms with Gasteiger partial charge in [-0.3, -0.25) is 9.98 Å². The normalized spacial score (nSPS) is 13.2. The molecule has 0 aliphatic carbocycles. The fourth-order valence-electron chi connectivity index (χ4n) is 4.67. The molecule has 6 nitrogen and oxygen atoms in total. The standard InChI is InChI=1S/C36H47N5O/c1-24(2)31(22-37-8)33(19-25(3)36(5,6)7)41-26(4)40-32-16-15-28(29-13-11-12-14-30(29)32)20-27-17-18-39-34(21-27)35(42-10)23-38-9/h11-19,21,23-24,37,40-41H,4,9,20,22H2,1-3,5-8,10H3/b25-19+,33-31-,35-23-. The summed E-state index contributed by atoms with van der Waals surface area (Å²) in [6.07, 6.45) is 6.39. The average Bonchev–Trinajstić information content (AvgIpc) is 2.95. The van der Waals surface area contributed by atoms with Gasteiger partial charge in [-0.05, 0) is 84.8 Å². The van der Waals surface area contributed by atoms with Gasteiger partial charge >= 0.3 is 0 Å². The summed E-state index contributed by atoms with van der Waals surface area (Å²) in [7, 11) is 3.60. The van der Waals surface area contributed by atoms with Crippen molar-refractivity contribution in [1.29, 1.82) is 0 Å². The molecule has 0 bridgehead atoms. The molecule has 3 N–H and O–H groups in total. The Labute approximate surface area is 252 Å². The number of nitrogens with zero attached hydrogens (tertiary/aromatic N) is 2. The molecule has 0 unspecified atom stereocenters. The van der Waals surface area contributed by atoms with Gasteiger partial charge in [0, 0.05) is 29.5 Å².